The summed E-state index contributed by atoms with van der Waals surface area (Å²) in [4.78, 5) is 12.2. The first kappa shape index (κ1) is 18.3. The van der Waals surface area contributed by atoms with Crippen LogP contribution in [-0.2, 0) is 0 Å². The van der Waals surface area contributed by atoms with E-state index in [1.54, 1.807) is 24.3 Å². The molecule has 0 heterocycles. The highest BCUT2D eigenvalue weighted by molar-refractivity contribution is 6.31. The van der Waals surface area contributed by atoms with E-state index in [1.165, 1.54) is 31.0 Å². The summed E-state index contributed by atoms with van der Waals surface area (Å²) in [5.41, 5.74) is 0.941. The van der Waals surface area contributed by atoms with Crippen molar-refractivity contribution in [1.29, 1.82) is 0 Å². The maximum absolute atomic E-state index is 13.1. The minimum absolute atomic E-state index is 0.0281. The number of rotatable bonds is 8. The van der Waals surface area contributed by atoms with E-state index in [9.17, 15) is 9.18 Å². The molecule has 3 nitrogen and oxygen atoms in total. The first-order valence-electron chi connectivity index (χ1n) is 8.09. The molecule has 0 aliphatic rings. The van der Waals surface area contributed by atoms with E-state index in [1.807, 2.05) is 0 Å². The van der Waals surface area contributed by atoms with Gasteiger partial charge in [0.15, 0.2) is 0 Å². The minimum Gasteiger partial charge on any atom is -0.494 e. The maximum Gasteiger partial charge on any atom is 0.255 e. The molecule has 0 saturated carbocycles. The molecule has 2 aromatic rings. The number of benzene rings is 2. The second-order valence-electron chi connectivity index (χ2n) is 5.52. The molecular weight excluding hydrogens is 329 g/mol. The lowest BCUT2D eigenvalue weighted by atomic mass is 10.2. The Morgan fingerprint density at radius 2 is 1.88 bits per heavy atom. The summed E-state index contributed by atoms with van der Waals surface area (Å²) in [7, 11) is 0. The van der Waals surface area contributed by atoms with E-state index >= 15 is 0 Å². The molecule has 0 atom stereocenters. The fraction of sp³-hybridized carbons (Fsp3) is 0.316. The van der Waals surface area contributed by atoms with Gasteiger partial charge >= 0.3 is 0 Å². The number of ether oxygens (including phenoxy) is 1. The van der Waals surface area contributed by atoms with Gasteiger partial charge in [0, 0.05) is 11.3 Å². The summed E-state index contributed by atoms with van der Waals surface area (Å²) in [5, 5.41) is 2.65. The Balaban J connectivity index is 1.87. The van der Waals surface area contributed by atoms with Crippen LogP contribution in [0.3, 0.4) is 0 Å². The SMILES string of the molecule is CCCCCCOc1ccc(C(=O)Nc2ccc(F)c(Cl)c2)cc1. The molecule has 0 unspecified atom stereocenters. The number of anilines is 1. The summed E-state index contributed by atoms with van der Waals surface area (Å²) in [6, 6.07) is 11.0. The van der Waals surface area contributed by atoms with Crippen LogP contribution in [0.1, 0.15) is 43.0 Å². The fourth-order valence-electron chi connectivity index (χ4n) is 2.20. The lowest BCUT2D eigenvalue weighted by Crippen LogP contribution is -2.11. The van der Waals surface area contributed by atoms with E-state index in [0.717, 1.165) is 18.6 Å². The van der Waals surface area contributed by atoms with Crippen molar-refractivity contribution in [2.45, 2.75) is 32.6 Å². The number of carbonyl (C=O) groups is 1. The van der Waals surface area contributed by atoms with Crippen LogP contribution >= 0.6 is 11.6 Å². The molecule has 0 bridgehead atoms. The van der Waals surface area contributed by atoms with E-state index in [-0.39, 0.29) is 10.9 Å². The quantitative estimate of drug-likeness (QED) is 0.621. The van der Waals surface area contributed by atoms with Crippen molar-refractivity contribution in [1.82, 2.24) is 0 Å². The van der Waals surface area contributed by atoms with E-state index in [2.05, 4.69) is 12.2 Å². The van der Waals surface area contributed by atoms with Gasteiger partial charge in [0.05, 0.1) is 11.6 Å². The highest BCUT2D eigenvalue weighted by Crippen LogP contribution is 2.20. The van der Waals surface area contributed by atoms with Crippen LogP contribution in [0.4, 0.5) is 10.1 Å². The number of halogens is 2. The van der Waals surface area contributed by atoms with Crippen LogP contribution in [-0.4, -0.2) is 12.5 Å². The third-order valence-electron chi connectivity index (χ3n) is 3.56. The Hall–Kier alpha value is -2.07. The first-order chi connectivity index (χ1) is 11.6. The summed E-state index contributed by atoms with van der Waals surface area (Å²) >= 11 is 5.70. The molecule has 1 amide bonds. The molecule has 0 saturated heterocycles. The van der Waals surface area contributed by atoms with Crippen molar-refractivity contribution in [3.8, 4) is 5.75 Å². The van der Waals surface area contributed by atoms with Crippen molar-refractivity contribution in [3.05, 3.63) is 58.9 Å². The van der Waals surface area contributed by atoms with Gasteiger partial charge in [-0.15, -0.1) is 0 Å². The Labute approximate surface area is 146 Å². The zero-order chi connectivity index (χ0) is 17.4. The van der Waals surface area contributed by atoms with Crippen LogP contribution in [0.5, 0.6) is 5.75 Å². The highest BCUT2D eigenvalue weighted by atomic mass is 35.5. The van der Waals surface area contributed by atoms with Crippen LogP contribution in [0.25, 0.3) is 0 Å². The molecule has 0 aliphatic heterocycles. The van der Waals surface area contributed by atoms with E-state index in [4.69, 9.17) is 16.3 Å². The molecule has 2 rings (SSSR count). The molecule has 24 heavy (non-hydrogen) atoms. The number of carbonyl (C=O) groups excluding carboxylic acids is 1. The summed E-state index contributed by atoms with van der Waals surface area (Å²) < 4.78 is 18.8. The van der Waals surface area contributed by atoms with Gasteiger partial charge in [-0.3, -0.25) is 4.79 Å². The lowest BCUT2D eigenvalue weighted by molar-refractivity contribution is 0.102. The highest BCUT2D eigenvalue weighted by Gasteiger charge is 2.08. The fourth-order valence-corrected chi connectivity index (χ4v) is 2.38. The van der Waals surface area contributed by atoms with Gasteiger partial charge in [0.2, 0.25) is 0 Å². The zero-order valence-corrected chi connectivity index (χ0v) is 14.4. The largest absolute Gasteiger partial charge is 0.494 e. The third kappa shape index (κ3) is 5.53. The van der Waals surface area contributed by atoms with Gasteiger partial charge in [0.1, 0.15) is 11.6 Å². The number of hydrogen-bond acceptors (Lipinski definition) is 2. The normalized spacial score (nSPS) is 10.5. The molecule has 0 spiro atoms. The molecular formula is C19H21ClFNO2. The maximum atomic E-state index is 13.1. The molecule has 0 fully saturated rings. The van der Waals surface area contributed by atoms with Crippen LogP contribution in [0.2, 0.25) is 5.02 Å². The van der Waals surface area contributed by atoms with E-state index in [0.29, 0.717) is 17.9 Å². The molecule has 2 aromatic carbocycles. The first-order valence-corrected chi connectivity index (χ1v) is 8.47. The topological polar surface area (TPSA) is 38.3 Å². The monoisotopic (exact) mass is 349 g/mol. The number of amides is 1. The van der Waals surface area contributed by atoms with Crippen LogP contribution in [0.15, 0.2) is 42.5 Å². The summed E-state index contributed by atoms with van der Waals surface area (Å²) in [6.45, 7) is 2.85. The standard InChI is InChI=1S/C19H21ClFNO2/c1-2-3-4-5-12-24-16-9-6-14(7-10-16)19(23)22-15-8-11-18(21)17(20)13-15/h6-11,13H,2-5,12H2,1H3,(H,22,23). The smallest absolute Gasteiger partial charge is 0.255 e. The molecule has 0 aliphatic carbocycles. The number of nitrogens with one attached hydrogen (secondary N) is 1. The average Bonchev–Trinajstić information content (AvgIpc) is 2.58. The Kier molecular flexibility index (Phi) is 7.07. The van der Waals surface area contributed by atoms with Gasteiger partial charge < -0.3 is 10.1 Å². The van der Waals surface area contributed by atoms with Gasteiger partial charge in [-0.25, -0.2) is 4.39 Å². The third-order valence-corrected chi connectivity index (χ3v) is 3.85. The summed E-state index contributed by atoms with van der Waals surface area (Å²) in [6.07, 6.45) is 4.61. The zero-order valence-electron chi connectivity index (χ0n) is 13.6. The van der Waals surface area contributed by atoms with Crippen molar-refractivity contribution in [3.63, 3.8) is 0 Å². The minimum atomic E-state index is -0.518. The van der Waals surface area contributed by atoms with Crippen molar-refractivity contribution in [2.75, 3.05) is 11.9 Å². The predicted octanol–water partition coefficient (Wildman–Crippen LogP) is 5.69. The Morgan fingerprint density at radius 1 is 1.12 bits per heavy atom. The predicted molar refractivity (Wildman–Crippen MR) is 95.4 cm³/mol. The van der Waals surface area contributed by atoms with Crippen molar-refractivity contribution < 1.29 is 13.9 Å². The molecule has 0 aromatic heterocycles. The lowest BCUT2D eigenvalue weighted by Gasteiger charge is -2.08. The molecule has 0 radical (unpaired) electrons. The second kappa shape index (κ2) is 9.28. The Morgan fingerprint density at radius 3 is 2.54 bits per heavy atom. The van der Waals surface area contributed by atoms with Crippen LogP contribution < -0.4 is 10.1 Å². The van der Waals surface area contributed by atoms with Gasteiger partial charge in [-0.05, 0) is 48.9 Å². The Bertz CT molecular complexity index is 674. The van der Waals surface area contributed by atoms with Gasteiger partial charge in [0.25, 0.3) is 5.91 Å². The van der Waals surface area contributed by atoms with Crippen LogP contribution in [0, 0.1) is 5.82 Å². The molecule has 1 N–H and O–H groups in total. The number of hydrogen-bond donors (Lipinski definition) is 1. The van der Waals surface area contributed by atoms with Crippen molar-refractivity contribution >= 4 is 23.2 Å². The second-order valence-corrected chi connectivity index (χ2v) is 5.92. The molecule has 128 valence electrons. The average molecular weight is 350 g/mol. The van der Waals surface area contributed by atoms with Crippen molar-refractivity contribution in [2.24, 2.45) is 0 Å². The molecule has 5 heteroatoms. The van der Waals surface area contributed by atoms with Gasteiger partial charge in [-0.2, -0.15) is 0 Å². The van der Waals surface area contributed by atoms with Gasteiger partial charge in [-0.1, -0.05) is 37.8 Å². The summed E-state index contributed by atoms with van der Waals surface area (Å²) in [5.74, 6) is -0.0600. The number of unbranched alkanes of at least 4 members (excludes halogenated alkanes) is 3. The van der Waals surface area contributed by atoms with E-state index < -0.39 is 5.82 Å².